The van der Waals surface area contributed by atoms with E-state index in [0.29, 0.717) is 0 Å². The van der Waals surface area contributed by atoms with Crippen molar-refractivity contribution in [1.82, 2.24) is 4.98 Å². The molecule has 0 unspecified atom stereocenters. The summed E-state index contributed by atoms with van der Waals surface area (Å²) in [6, 6.07) is 2.00. The van der Waals surface area contributed by atoms with E-state index < -0.39 is 0 Å². The fraction of sp³-hybridized carbons (Fsp3) is 0.444. The lowest BCUT2D eigenvalue weighted by Crippen LogP contribution is -2.08. The lowest BCUT2D eigenvalue weighted by Gasteiger charge is -2.19. The molecule has 2 nitrogen and oxygen atoms in total. The topological polar surface area (TPSA) is 33.1 Å². The van der Waals surface area contributed by atoms with E-state index in [0.717, 1.165) is 24.8 Å². The van der Waals surface area contributed by atoms with Gasteiger partial charge in [-0.25, -0.2) is 0 Å². The van der Waals surface area contributed by atoms with Gasteiger partial charge in [-0.2, -0.15) is 0 Å². The largest absolute Gasteiger partial charge is 0.388 e. The molecule has 1 aliphatic carbocycles. The Balaban J connectivity index is 2.44. The molecule has 0 fully saturated rings. The second kappa shape index (κ2) is 2.62. The van der Waals surface area contributed by atoms with Crippen LogP contribution in [0.2, 0.25) is 0 Å². The molecule has 0 saturated carbocycles. The van der Waals surface area contributed by atoms with Gasteiger partial charge >= 0.3 is 0 Å². The van der Waals surface area contributed by atoms with Gasteiger partial charge in [0.15, 0.2) is 0 Å². The summed E-state index contributed by atoms with van der Waals surface area (Å²) in [5.74, 6) is 0. The van der Waals surface area contributed by atoms with Crippen LogP contribution >= 0.6 is 0 Å². The molecule has 58 valence electrons. The third-order valence-electron chi connectivity index (χ3n) is 2.23. The van der Waals surface area contributed by atoms with Crippen LogP contribution in [-0.4, -0.2) is 10.1 Å². The number of aliphatic hydroxyl groups excluding tert-OH is 1. The van der Waals surface area contributed by atoms with Crippen molar-refractivity contribution in [3.8, 4) is 0 Å². The number of fused-ring (bicyclic) bond motifs is 1. The van der Waals surface area contributed by atoms with E-state index in [2.05, 4.69) is 4.98 Å². The minimum Gasteiger partial charge on any atom is -0.388 e. The first-order chi connectivity index (χ1) is 5.38. The molecule has 0 aliphatic heterocycles. The molecule has 1 heterocycles. The normalized spacial score (nSPS) is 22.8. The standard InChI is InChI=1S/C9H11NO/c11-9-3-1-2-7-4-5-10-6-8(7)9/h4-6,9,11H,1-3H2/t9-/m0/s1. The molecule has 1 aromatic heterocycles. The molecule has 0 saturated heterocycles. The molecular formula is C9H11NO. The van der Waals surface area contributed by atoms with Gasteiger partial charge in [0.05, 0.1) is 6.10 Å². The highest BCUT2D eigenvalue weighted by Crippen LogP contribution is 2.27. The molecule has 1 atom stereocenters. The van der Waals surface area contributed by atoms with Crippen LogP contribution in [0.4, 0.5) is 0 Å². The molecular weight excluding hydrogens is 138 g/mol. The van der Waals surface area contributed by atoms with Crippen molar-refractivity contribution >= 4 is 0 Å². The SMILES string of the molecule is O[C@H]1CCCc2ccncc21. The van der Waals surface area contributed by atoms with Crippen LogP contribution in [0.1, 0.15) is 30.1 Å². The number of hydrogen-bond acceptors (Lipinski definition) is 2. The summed E-state index contributed by atoms with van der Waals surface area (Å²) in [5.41, 5.74) is 2.29. The quantitative estimate of drug-likeness (QED) is 0.605. The molecule has 0 radical (unpaired) electrons. The number of nitrogens with zero attached hydrogens (tertiary/aromatic N) is 1. The van der Waals surface area contributed by atoms with Crippen molar-refractivity contribution in [2.45, 2.75) is 25.4 Å². The molecule has 0 spiro atoms. The fourth-order valence-electron chi connectivity index (χ4n) is 1.60. The van der Waals surface area contributed by atoms with Gasteiger partial charge < -0.3 is 5.11 Å². The number of rotatable bonds is 0. The smallest absolute Gasteiger partial charge is 0.0807 e. The van der Waals surface area contributed by atoms with Crippen molar-refractivity contribution in [1.29, 1.82) is 0 Å². The third kappa shape index (κ3) is 1.14. The summed E-state index contributed by atoms with van der Waals surface area (Å²) < 4.78 is 0. The summed E-state index contributed by atoms with van der Waals surface area (Å²) >= 11 is 0. The van der Waals surface area contributed by atoms with Gasteiger partial charge in [-0.1, -0.05) is 0 Å². The first kappa shape index (κ1) is 6.80. The Kier molecular flexibility index (Phi) is 1.62. The molecule has 1 aromatic rings. The van der Waals surface area contributed by atoms with Gasteiger partial charge in [-0.05, 0) is 30.9 Å². The van der Waals surface area contributed by atoms with E-state index in [-0.39, 0.29) is 6.10 Å². The van der Waals surface area contributed by atoms with Gasteiger partial charge in [0.25, 0.3) is 0 Å². The van der Waals surface area contributed by atoms with Crippen LogP contribution in [0, 0.1) is 0 Å². The van der Waals surface area contributed by atoms with Crippen molar-refractivity contribution in [3.63, 3.8) is 0 Å². The average Bonchev–Trinajstić information content (AvgIpc) is 2.06. The summed E-state index contributed by atoms with van der Waals surface area (Å²) in [6.07, 6.45) is 6.37. The Morgan fingerprint density at radius 1 is 1.55 bits per heavy atom. The van der Waals surface area contributed by atoms with Crippen LogP contribution in [0.15, 0.2) is 18.5 Å². The lowest BCUT2D eigenvalue weighted by atomic mass is 9.91. The van der Waals surface area contributed by atoms with Gasteiger partial charge in [0, 0.05) is 18.0 Å². The van der Waals surface area contributed by atoms with Crippen LogP contribution < -0.4 is 0 Å². The number of hydrogen-bond donors (Lipinski definition) is 1. The van der Waals surface area contributed by atoms with Crippen molar-refractivity contribution in [2.75, 3.05) is 0 Å². The second-order valence-electron chi connectivity index (χ2n) is 2.98. The molecule has 2 rings (SSSR count). The molecule has 0 bridgehead atoms. The second-order valence-corrected chi connectivity index (χ2v) is 2.98. The van der Waals surface area contributed by atoms with Crippen molar-refractivity contribution in [2.24, 2.45) is 0 Å². The van der Waals surface area contributed by atoms with Crippen LogP contribution in [0.25, 0.3) is 0 Å². The number of aliphatic hydroxyl groups is 1. The zero-order valence-corrected chi connectivity index (χ0v) is 6.33. The maximum Gasteiger partial charge on any atom is 0.0807 e. The van der Waals surface area contributed by atoms with Crippen molar-refractivity contribution < 1.29 is 5.11 Å². The monoisotopic (exact) mass is 149 g/mol. The Morgan fingerprint density at radius 3 is 3.27 bits per heavy atom. The number of pyridine rings is 1. The van der Waals surface area contributed by atoms with Gasteiger partial charge in [-0.3, -0.25) is 4.98 Å². The molecule has 1 aliphatic rings. The summed E-state index contributed by atoms with van der Waals surface area (Å²) in [6.45, 7) is 0. The molecule has 2 heteroatoms. The van der Waals surface area contributed by atoms with E-state index in [1.54, 1.807) is 12.4 Å². The van der Waals surface area contributed by atoms with E-state index in [1.807, 2.05) is 6.07 Å². The van der Waals surface area contributed by atoms with Gasteiger partial charge in [0.2, 0.25) is 0 Å². The van der Waals surface area contributed by atoms with E-state index in [4.69, 9.17) is 0 Å². The zero-order chi connectivity index (χ0) is 7.68. The highest BCUT2D eigenvalue weighted by molar-refractivity contribution is 5.27. The summed E-state index contributed by atoms with van der Waals surface area (Å²) in [4.78, 5) is 3.99. The van der Waals surface area contributed by atoms with Crippen LogP contribution in [-0.2, 0) is 6.42 Å². The predicted molar refractivity (Wildman–Crippen MR) is 42.1 cm³/mol. The Bertz CT molecular complexity index is 259. The Hall–Kier alpha value is -0.890. The van der Waals surface area contributed by atoms with Crippen molar-refractivity contribution in [3.05, 3.63) is 29.6 Å². The molecule has 0 amide bonds. The fourth-order valence-corrected chi connectivity index (χ4v) is 1.60. The first-order valence-corrected chi connectivity index (χ1v) is 3.99. The first-order valence-electron chi connectivity index (χ1n) is 3.99. The Labute approximate surface area is 65.9 Å². The van der Waals surface area contributed by atoms with E-state index in [1.165, 1.54) is 5.56 Å². The predicted octanol–water partition coefficient (Wildman–Crippen LogP) is 1.45. The summed E-state index contributed by atoms with van der Waals surface area (Å²) in [5, 5.41) is 9.52. The zero-order valence-electron chi connectivity index (χ0n) is 6.33. The molecule has 1 N–H and O–H groups in total. The van der Waals surface area contributed by atoms with Crippen LogP contribution in [0.5, 0.6) is 0 Å². The summed E-state index contributed by atoms with van der Waals surface area (Å²) in [7, 11) is 0. The molecule has 11 heavy (non-hydrogen) atoms. The third-order valence-corrected chi connectivity index (χ3v) is 2.23. The van der Waals surface area contributed by atoms with Gasteiger partial charge in [-0.15, -0.1) is 0 Å². The van der Waals surface area contributed by atoms with Crippen LogP contribution in [0.3, 0.4) is 0 Å². The minimum atomic E-state index is -0.271. The van der Waals surface area contributed by atoms with E-state index >= 15 is 0 Å². The maximum atomic E-state index is 9.52. The minimum absolute atomic E-state index is 0.271. The molecule has 0 aromatic carbocycles. The van der Waals surface area contributed by atoms with E-state index in [9.17, 15) is 5.11 Å². The Morgan fingerprint density at radius 2 is 2.45 bits per heavy atom. The maximum absolute atomic E-state index is 9.52. The van der Waals surface area contributed by atoms with Gasteiger partial charge in [0.1, 0.15) is 0 Å². The number of aromatic nitrogens is 1. The lowest BCUT2D eigenvalue weighted by molar-refractivity contribution is 0.156. The average molecular weight is 149 g/mol. The highest BCUT2D eigenvalue weighted by Gasteiger charge is 2.16. The number of aryl methyl sites for hydroxylation is 1. The highest BCUT2D eigenvalue weighted by atomic mass is 16.3.